The van der Waals surface area contributed by atoms with Crippen molar-refractivity contribution in [3.05, 3.63) is 29.3 Å². The number of hydrogen-bond acceptors (Lipinski definition) is 5. The van der Waals surface area contributed by atoms with Gasteiger partial charge in [0, 0.05) is 0 Å². The third kappa shape index (κ3) is 4.60. The van der Waals surface area contributed by atoms with Crippen LogP contribution in [0.1, 0.15) is 6.42 Å². The number of amides is 2. The van der Waals surface area contributed by atoms with Crippen LogP contribution in [0.3, 0.4) is 0 Å². The Balaban J connectivity index is 1.74. The summed E-state index contributed by atoms with van der Waals surface area (Å²) in [7, 11) is -3.14. The summed E-state index contributed by atoms with van der Waals surface area (Å²) < 4.78 is 27.7. The smallest absolute Gasteiger partial charge is 0.276 e. The van der Waals surface area contributed by atoms with Gasteiger partial charge in [0.25, 0.3) is 5.91 Å². The first-order chi connectivity index (χ1) is 10.4. The van der Waals surface area contributed by atoms with Gasteiger partial charge in [0.2, 0.25) is 5.91 Å². The Morgan fingerprint density at radius 1 is 1.27 bits per heavy atom. The number of hydrogen-bond donors (Lipinski definition) is 2. The zero-order chi connectivity index (χ0) is 16.2. The minimum atomic E-state index is -3.14. The molecule has 7 nitrogen and oxygen atoms in total. The van der Waals surface area contributed by atoms with Gasteiger partial charge in [0.1, 0.15) is 5.75 Å². The Labute approximate surface area is 132 Å². The fourth-order valence-corrected chi connectivity index (χ4v) is 3.91. The van der Waals surface area contributed by atoms with Crippen molar-refractivity contribution in [1.82, 2.24) is 10.9 Å². The number of benzene rings is 1. The first-order valence-electron chi connectivity index (χ1n) is 6.54. The first-order valence-corrected chi connectivity index (χ1v) is 8.74. The van der Waals surface area contributed by atoms with E-state index in [1.807, 2.05) is 0 Å². The average molecular weight is 347 g/mol. The van der Waals surface area contributed by atoms with Gasteiger partial charge in [-0.3, -0.25) is 20.4 Å². The molecule has 0 aliphatic carbocycles. The number of nitrogens with one attached hydrogen (secondary N) is 2. The summed E-state index contributed by atoms with van der Waals surface area (Å²) in [5, 5.41) is 0.371. The molecule has 0 bridgehead atoms. The van der Waals surface area contributed by atoms with Crippen LogP contribution in [0, 0.1) is 5.92 Å². The van der Waals surface area contributed by atoms with Gasteiger partial charge in [0.15, 0.2) is 16.4 Å². The van der Waals surface area contributed by atoms with Gasteiger partial charge < -0.3 is 4.74 Å². The number of sulfone groups is 1. The molecule has 0 radical (unpaired) electrons. The van der Waals surface area contributed by atoms with E-state index in [4.69, 9.17) is 16.3 Å². The van der Waals surface area contributed by atoms with E-state index in [-0.39, 0.29) is 24.5 Å². The van der Waals surface area contributed by atoms with Gasteiger partial charge in [-0.15, -0.1) is 0 Å². The van der Waals surface area contributed by atoms with Crippen molar-refractivity contribution >= 4 is 33.3 Å². The summed E-state index contributed by atoms with van der Waals surface area (Å²) in [6.45, 7) is -0.326. The molecule has 1 saturated heterocycles. The molecule has 1 atom stereocenters. The largest absolute Gasteiger partial charge is 0.482 e. The van der Waals surface area contributed by atoms with Crippen LogP contribution in [0.15, 0.2) is 24.3 Å². The predicted molar refractivity (Wildman–Crippen MR) is 80.0 cm³/mol. The molecule has 2 rings (SSSR count). The highest BCUT2D eigenvalue weighted by atomic mass is 35.5. The quantitative estimate of drug-likeness (QED) is 0.763. The number of carbonyl (C=O) groups excluding carboxylic acids is 2. The SMILES string of the molecule is O=C(COc1ccccc1Cl)NNC(=O)[C@@H]1CCS(=O)(=O)C1. The Kier molecular flexibility index (Phi) is 5.25. The molecule has 1 fully saturated rings. The summed E-state index contributed by atoms with van der Waals surface area (Å²) in [5.41, 5.74) is 4.37. The number of halogens is 1. The molecule has 120 valence electrons. The summed E-state index contributed by atoms with van der Waals surface area (Å²) >= 11 is 5.86. The van der Waals surface area contributed by atoms with E-state index in [9.17, 15) is 18.0 Å². The second-order valence-corrected chi connectivity index (χ2v) is 7.49. The van der Waals surface area contributed by atoms with Crippen LogP contribution < -0.4 is 15.6 Å². The van der Waals surface area contributed by atoms with Crippen LogP contribution in [-0.2, 0) is 19.4 Å². The molecule has 22 heavy (non-hydrogen) atoms. The van der Waals surface area contributed by atoms with Gasteiger partial charge in [-0.2, -0.15) is 0 Å². The number of ether oxygens (including phenoxy) is 1. The monoisotopic (exact) mass is 346 g/mol. The minimum Gasteiger partial charge on any atom is -0.482 e. The van der Waals surface area contributed by atoms with Gasteiger partial charge in [-0.1, -0.05) is 23.7 Å². The van der Waals surface area contributed by atoms with Crippen molar-refractivity contribution < 1.29 is 22.7 Å². The summed E-state index contributed by atoms with van der Waals surface area (Å²) in [4.78, 5) is 23.3. The van der Waals surface area contributed by atoms with E-state index < -0.39 is 27.6 Å². The molecule has 2 N–H and O–H groups in total. The molecule has 0 unspecified atom stereocenters. The molecule has 1 aliphatic heterocycles. The Morgan fingerprint density at radius 3 is 2.64 bits per heavy atom. The lowest BCUT2D eigenvalue weighted by molar-refractivity contribution is -0.131. The Hall–Kier alpha value is -1.80. The van der Waals surface area contributed by atoms with Crippen LogP contribution in [0.4, 0.5) is 0 Å². The molecule has 0 aromatic heterocycles. The molecular formula is C13H15ClN2O5S. The lowest BCUT2D eigenvalue weighted by atomic mass is 10.1. The second kappa shape index (κ2) is 6.97. The zero-order valence-corrected chi connectivity index (χ0v) is 13.1. The number of carbonyl (C=O) groups is 2. The van der Waals surface area contributed by atoms with Crippen molar-refractivity contribution in [2.24, 2.45) is 5.92 Å². The third-order valence-electron chi connectivity index (χ3n) is 3.12. The van der Waals surface area contributed by atoms with Gasteiger partial charge in [-0.25, -0.2) is 8.42 Å². The predicted octanol–water partition coefficient (Wildman–Crippen LogP) is 0.301. The Bertz CT molecular complexity index is 677. The van der Waals surface area contributed by atoms with E-state index in [2.05, 4.69) is 10.9 Å². The van der Waals surface area contributed by atoms with Crippen LogP contribution in [0.5, 0.6) is 5.75 Å². The van der Waals surface area contributed by atoms with Crippen molar-refractivity contribution in [3.8, 4) is 5.75 Å². The van der Waals surface area contributed by atoms with Gasteiger partial charge in [-0.05, 0) is 18.6 Å². The molecule has 1 aliphatic rings. The van der Waals surface area contributed by atoms with Crippen molar-refractivity contribution in [2.75, 3.05) is 18.1 Å². The van der Waals surface area contributed by atoms with Crippen LogP contribution in [0.2, 0.25) is 5.02 Å². The van der Waals surface area contributed by atoms with E-state index >= 15 is 0 Å². The lowest BCUT2D eigenvalue weighted by Crippen LogP contribution is -2.46. The fraction of sp³-hybridized carbons (Fsp3) is 0.385. The summed E-state index contributed by atoms with van der Waals surface area (Å²) in [5.74, 6) is -1.57. The van der Waals surface area contributed by atoms with E-state index in [0.29, 0.717) is 10.8 Å². The van der Waals surface area contributed by atoms with Crippen molar-refractivity contribution in [1.29, 1.82) is 0 Å². The highest BCUT2D eigenvalue weighted by molar-refractivity contribution is 7.91. The molecular weight excluding hydrogens is 332 g/mol. The van der Waals surface area contributed by atoms with E-state index in [0.717, 1.165) is 0 Å². The molecule has 0 spiro atoms. The first kappa shape index (κ1) is 16.6. The maximum Gasteiger partial charge on any atom is 0.276 e. The zero-order valence-electron chi connectivity index (χ0n) is 11.5. The fourth-order valence-electron chi connectivity index (χ4n) is 1.98. The summed E-state index contributed by atoms with van der Waals surface area (Å²) in [6.07, 6.45) is 0.264. The van der Waals surface area contributed by atoms with Crippen LogP contribution in [0.25, 0.3) is 0 Å². The normalized spacial score (nSPS) is 19.4. The molecule has 1 aromatic rings. The van der Waals surface area contributed by atoms with Crippen molar-refractivity contribution in [3.63, 3.8) is 0 Å². The molecule has 1 heterocycles. The van der Waals surface area contributed by atoms with Crippen LogP contribution in [-0.4, -0.2) is 38.3 Å². The number of rotatable bonds is 4. The standard InChI is InChI=1S/C13H15ClN2O5S/c14-10-3-1-2-4-11(10)21-7-12(17)15-16-13(18)9-5-6-22(19,20)8-9/h1-4,9H,5-8H2,(H,15,17)(H,16,18)/t9-/m1/s1. The maximum atomic E-state index is 11.7. The maximum absolute atomic E-state index is 11.7. The van der Waals surface area contributed by atoms with Crippen molar-refractivity contribution in [2.45, 2.75) is 6.42 Å². The summed E-state index contributed by atoms with van der Waals surface area (Å²) in [6, 6.07) is 6.67. The molecule has 0 saturated carbocycles. The number of hydrazine groups is 1. The van der Waals surface area contributed by atoms with Gasteiger partial charge >= 0.3 is 0 Å². The van der Waals surface area contributed by atoms with E-state index in [1.54, 1.807) is 24.3 Å². The van der Waals surface area contributed by atoms with E-state index in [1.165, 1.54) is 0 Å². The second-order valence-electron chi connectivity index (χ2n) is 4.86. The minimum absolute atomic E-state index is 0.00531. The number of para-hydroxylation sites is 1. The highest BCUT2D eigenvalue weighted by Gasteiger charge is 2.33. The third-order valence-corrected chi connectivity index (χ3v) is 5.20. The van der Waals surface area contributed by atoms with Crippen LogP contribution >= 0.6 is 11.6 Å². The highest BCUT2D eigenvalue weighted by Crippen LogP contribution is 2.22. The average Bonchev–Trinajstić information content (AvgIpc) is 2.84. The Morgan fingerprint density at radius 2 is 2.00 bits per heavy atom. The molecule has 9 heteroatoms. The molecule has 2 amide bonds. The molecule has 1 aromatic carbocycles. The lowest BCUT2D eigenvalue weighted by Gasteiger charge is -2.11. The van der Waals surface area contributed by atoms with Gasteiger partial charge in [0.05, 0.1) is 22.4 Å². The topological polar surface area (TPSA) is 102 Å².